The maximum absolute atomic E-state index is 12.0. The van der Waals surface area contributed by atoms with Crippen molar-refractivity contribution >= 4 is 11.9 Å². The molecule has 0 fully saturated rings. The van der Waals surface area contributed by atoms with E-state index >= 15 is 0 Å². The van der Waals surface area contributed by atoms with Crippen LogP contribution in [0.15, 0.2) is 42.5 Å². The number of amides is 1. The minimum absolute atomic E-state index is 0.0514. The van der Waals surface area contributed by atoms with E-state index in [0.717, 1.165) is 17.5 Å². The van der Waals surface area contributed by atoms with E-state index in [1.807, 2.05) is 0 Å². The quantitative estimate of drug-likeness (QED) is 0.621. The van der Waals surface area contributed by atoms with Crippen LogP contribution in [-0.4, -0.2) is 39.2 Å². The molecular formula is C23H29NO5. The van der Waals surface area contributed by atoms with Gasteiger partial charge in [-0.25, -0.2) is 0 Å². The van der Waals surface area contributed by atoms with Gasteiger partial charge in [0.05, 0.1) is 20.6 Å². The van der Waals surface area contributed by atoms with Crippen molar-refractivity contribution in [2.24, 2.45) is 0 Å². The third-order valence-electron chi connectivity index (χ3n) is 4.54. The Kier molecular flexibility index (Phi) is 8.52. The first kappa shape index (κ1) is 22.3. The summed E-state index contributed by atoms with van der Waals surface area (Å²) in [5, 5.41) is 2.77. The summed E-state index contributed by atoms with van der Waals surface area (Å²) >= 11 is 0. The Morgan fingerprint density at radius 1 is 0.931 bits per heavy atom. The molecule has 0 spiro atoms. The number of ether oxygens (including phenoxy) is 3. The molecule has 156 valence electrons. The highest BCUT2D eigenvalue weighted by molar-refractivity contribution is 5.81. The van der Waals surface area contributed by atoms with Crippen molar-refractivity contribution < 1.29 is 23.8 Å². The van der Waals surface area contributed by atoms with E-state index in [4.69, 9.17) is 14.2 Å². The highest BCUT2D eigenvalue weighted by Crippen LogP contribution is 2.27. The Bertz CT molecular complexity index is 815. The molecule has 1 amide bonds. The van der Waals surface area contributed by atoms with E-state index in [0.29, 0.717) is 24.0 Å². The normalized spacial score (nSPS) is 10.5. The molecule has 2 rings (SSSR count). The van der Waals surface area contributed by atoms with Gasteiger partial charge in [0.25, 0.3) is 5.91 Å². The molecule has 6 nitrogen and oxygen atoms in total. The number of rotatable bonds is 10. The molecule has 0 saturated heterocycles. The minimum Gasteiger partial charge on any atom is -0.493 e. The van der Waals surface area contributed by atoms with E-state index in [-0.39, 0.29) is 18.9 Å². The van der Waals surface area contributed by atoms with Crippen molar-refractivity contribution in [2.75, 3.05) is 27.4 Å². The zero-order chi connectivity index (χ0) is 21.2. The van der Waals surface area contributed by atoms with Gasteiger partial charge >= 0.3 is 5.97 Å². The van der Waals surface area contributed by atoms with Crippen molar-refractivity contribution in [1.29, 1.82) is 0 Å². The SMILES string of the molecule is COc1ccc(CC(=O)OCC(=O)NCCc2ccc(C(C)C)cc2)cc1OC. The van der Waals surface area contributed by atoms with Crippen LogP contribution in [0.5, 0.6) is 11.5 Å². The van der Waals surface area contributed by atoms with Crippen molar-refractivity contribution in [2.45, 2.75) is 32.6 Å². The largest absolute Gasteiger partial charge is 0.493 e. The van der Waals surface area contributed by atoms with Crippen LogP contribution >= 0.6 is 0 Å². The summed E-state index contributed by atoms with van der Waals surface area (Å²) < 4.78 is 15.4. The zero-order valence-electron chi connectivity index (χ0n) is 17.5. The Morgan fingerprint density at radius 3 is 2.21 bits per heavy atom. The molecule has 0 aliphatic rings. The van der Waals surface area contributed by atoms with Crippen LogP contribution in [0.25, 0.3) is 0 Å². The predicted molar refractivity (Wildman–Crippen MR) is 111 cm³/mol. The van der Waals surface area contributed by atoms with Gasteiger partial charge in [-0.1, -0.05) is 44.2 Å². The van der Waals surface area contributed by atoms with Gasteiger partial charge < -0.3 is 19.5 Å². The number of benzene rings is 2. The van der Waals surface area contributed by atoms with Crippen LogP contribution in [-0.2, 0) is 27.2 Å². The number of esters is 1. The van der Waals surface area contributed by atoms with Gasteiger partial charge in [-0.3, -0.25) is 9.59 Å². The number of carbonyl (C=O) groups is 2. The van der Waals surface area contributed by atoms with Gasteiger partial charge in [0.2, 0.25) is 0 Å². The number of nitrogens with one attached hydrogen (secondary N) is 1. The highest BCUT2D eigenvalue weighted by atomic mass is 16.5. The van der Waals surface area contributed by atoms with Crippen LogP contribution in [0.3, 0.4) is 0 Å². The average Bonchev–Trinajstić information content (AvgIpc) is 2.72. The molecule has 6 heteroatoms. The van der Waals surface area contributed by atoms with Crippen molar-refractivity contribution in [3.63, 3.8) is 0 Å². The summed E-state index contributed by atoms with van der Waals surface area (Å²) in [7, 11) is 3.08. The molecule has 0 saturated carbocycles. The van der Waals surface area contributed by atoms with Gasteiger partial charge in [0.1, 0.15) is 0 Å². The summed E-state index contributed by atoms with van der Waals surface area (Å²) in [5.41, 5.74) is 3.16. The molecule has 0 aliphatic heterocycles. The second kappa shape index (κ2) is 11.1. The van der Waals surface area contributed by atoms with Crippen LogP contribution in [0.4, 0.5) is 0 Å². The molecule has 2 aromatic carbocycles. The molecule has 29 heavy (non-hydrogen) atoms. The fraction of sp³-hybridized carbons (Fsp3) is 0.391. The second-order valence-corrected chi connectivity index (χ2v) is 7.02. The fourth-order valence-electron chi connectivity index (χ4n) is 2.82. The first-order chi connectivity index (χ1) is 13.9. The van der Waals surface area contributed by atoms with Gasteiger partial charge in [-0.05, 0) is 41.2 Å². The summed E-state index contributed by atoms with van der Waals surface area (Å²) in [6.07, 6.45) is 0.777. The lowest BCUT2D eigenvalue weighted by Crippen LogP contribution is -2.30. The molecule has 1 N–H and O–H groups in total. The maximum Gasteiger partial charge on any atom is 0.310 e. The Hall–Kier alpha value is -3.02. The fourth-order valence-corrected chi connectivity index (χ4v) is 2.82. The second-order valence-electron chi connectivity index (χ2n) is 7.02. The van der Waals surface area contributed by atoms with E-state index in [2.05, 4.69) is 43.4 Å². The minimum atomic E-state index is -0.475. The third kappa shape index (κ3) is 7.14. The van der Waals surface area contributed by atoms with Crippen molar-refractivity contribution in [3.8, 4) is 11.5 Å². The highest BCUT2D eigenvalue weighted by Gasteiger charge is 2.11. The molecule has 0 bridgehead atoms. The molecule has 0 heterocycles. The first-order valence-electron chi connectivity index (χ1n) is 9.65. The van der Waals surface area contributed by atoms with Crippen LogP contribution in [0.1, 0.15) is 36.5 Å². The van der Waals surface area contributed by atoms with E-state index < -0.39 is 5.97 Å². The summed E-state index contributed by atoms with van der Waals surface area (Å²) in [6.45, 7) is 4.51. The van der Waals surface area contributed by atoms with E-state index in [9.17, 15) is 9.59 Å². The monoisotopic (exact) mass is 399 g/mol. The molecule has 0 unspecified atom stereocenters. The standard InChI is InChI=1S/C23H29NO5/c1-16(2)19-8-5-17(6-9-19)11-12-24-22(25)15-29-23(26)14-18-7-10-20(27-3)21(13-18)28-4/h5-10,13,16H,11-12,14-15H2,1-4H3,(H,24,25). The summed E-state index contributed by atoms with van der Waals surface area (Å²) in [5.74, 6) is 0.832. The molecule has 0 atom stereocenters. The number of carbonyl (C=O) groups excluding carboxylic acids is 2. The average molecular weight is 399 g/mol. The Labute approximate surface area is 172 Å². The summed E-state index contributed by atoms with van der Waals surface area (Å²) in [4.78, 5) is 23.9. The van der Waals surface area contributed by atoms with Gasteiger partial charge in [0, 0.05) is 6.54 Å². The molecule has 0 aromatic heterocycles. The van der Waals surface area contributed by atoms with Gasteiger partial charge in [-0.15, -0.1) is 0 Å². The Morgan fingerprint density at radius 2 is 1.59 bits per heavy atom. The van der Waals surface area contributed by atoms with Crippen LogP contribution in [0.2, 0.25) is 0 Å². The van der Waals surface area contributed by atoms with E-state index in [1.54, 1.807) is 25.3 Å². The van der Waals surface area contributed by atoms with Crippen LogP contribution in [0, 0.1) is 0 Å². The lowest BCUT2D eigenvalue weighted by atomic mass is 10.0. The summed E-state index contributed by atoms with van der Waals surface area (Å²) in [6, 6.07) is 13.6. The van der Waals surface area contributed by atoms with Crippen LogP contribution < -0.4 is 14.8 Å². The third-order valence-corrected chi connectivity index (χ3v) is 4.54. The van der Waals surface area contributed by atoms with Crippen molar-refractivity contribution in [1.82, 2.24) is 5.32 Å². The van der Waals surface area contributed by atoms with Gasteiger partial charge in [0.15, 0.2) is 18.1 Å². The molecular weight excluding hydrogens is 370 g/mol. The van der Waals surface area contributed by atoms with Gasteiger partial charge in [-0.2, -0.15) is 0 Å². The maximum atomic E-state index is 12.0. The Balaban J connectivity index is 1.71. The number of methoxy groups -OCH3 is 2. The lowest BCUT2D eigenvalue weighted by Gasteiger charge is -2.10. The smallest absolute Gasteiger partial charge is 0.310 e. The zero-order valence-corrected chi connectivity index (χ0v) is 17.5. The first-order valence-corrected chi connectivity index (χ1v) is 9.65. The number of hydrogen-bond donors (Lipinski definition) is 1. The molecule has 0 aliphatic carbocycles. The van der Waals surface area contributed by atoms with Crippen molar-refractivity contribution in [3.05, 3.63) is 59.2 Å². The molecule has 2 aromatic rings. The molecule has 0 radical (unpaired) electrons. The lowest BCUT2D eigenvalue weighted by molar-refractivity contribution is -0.147. The number of hydrogen-bond acceptors (Lipinski definition) is 5. The topological polar surface area (TPSA) is 73.9 Å². The van der Waals surface area contributed by atoms with E-state index in [1.165, 1.54) is 12.7 Å². The predicted octanol–water partition coefficient (Wildman–Crippen LogP) is 3.27.